The largest absolute Gasteiger partial charge is 0.455 e. The van der Waals surface area contributed by atoms with Crippen LogP contribution in [0.25, 0.3) is 0 Å². The molecular weight excluding hydrogens is 206 g/mol. The van der Waals surface area contributed by atoms with Crippen LogP contribution in [0, 0.1) is 0 Å². The lowest BCUT2D eigenvalue weighted by Gasteiger charge is -2.33. The normalized spacial score (nSPS) is 13.5. The van der Waals surface area contributed by atoms with Crippen molar-refractivity contribution in [1.29, 1.82) is 0 Å². The molecular formula is C11H25NO2Si. The Morgan fingerprint density at radius 2 is 1.87 bits per heavy atom. The molecule has 0 rings (SSSR count). The Labute approximate surface area is 94.7 Å². The molecule has 0 aromatic rings. The van der Waals surface area contributed by atoms with Crippen LogP contribution in [0.2, 0.25) is 18.1 Å². The van der Waals surface area contributed by atoms with Crippen molar-refractivity contribution in [3.8, 4) is 0 Å². The maximum Gasteiger partial charge on any atom is 0.286 e. The van der Waals surface area contributed by atoms with Crippen LogP contribution in [0.3, 0.4) is 0 Å². The minimum atomic E-state index is -1.72. The van der Waals surface area contributed by atoms with Crippen molar-refractivity contribution in [1.82, 2.24) is 0 Å². The summed E-state index contributed by atoms with van der Waals surface area (Å²) in [7, 11) is -1.72. The van der Waals surface area contributed by atoms with Crippen molar-refractivity contribution in [2.45, 2.75) is 58.2 Å². The van der Waals surface area contributed by atoms with Gasteiger partial charge < -0.3 is 9.63 Å². The Kier molecular flexibility index (Phi) is 6.13. The molecule has 0 atom stereocenters. The average molecular weight is 231 g/mol. The first-order valence-corrected chi connectivity index (χ1v) is 8.53. The van der Waals surface area contributed by atoms with Gasteiger partial charge in [-0.1, -0.05) is 20.8 Å². The summed E-state index contributed by atoms with van der Waals surface area (Å²) in [6, 6.07) is 0. The van der Waals surface area contributed by atoms with Gasteiger partial charge in [0.25, 0.3) is 8.32 Å². The van der Waals surface area contributed by atoms with Crippen molar-refractivity contribution >= 4 is 14.5 Å². The van der Waals surface area contributed by atoms with E-state index in [0.29, 0.717) is 0 Å². The minimum Gasteiger partial charge on any atom is -0.455 e. The predicted octanol–water partition coefficient (Wildman–Crippen LogP) is 3.16. The van der Waals surface area contributed by atoms with Crippen LogP contribution >= 0.6 is 0 Å². The van der Waals surface area contributed by atoms with Gasteiger partial charge in [0.15, 0.2) is 0 Å². The molecule has 0 aromatic heterocycles. The van der Waals surface area contributed by atoms with Gasteiger partial charge in [-0.2, -0.15) is 0 Å². The second kappa shape index (κ2) is 6.28. The lowest BCUT2D eigenvalue weighted by molar-refractivity contribution is 0.285. The summed E-state index contributed by atoms with van der Waals surface area (Å²) in [5.41, 5.74) is 0. The molecule has 0 aliphatic rings. The van der Waals surface area contributed by atoms with Gasteiger partial charge in [-0.25, -0.2) is 0 Å². The molecule has 0 fully saturated rings. The topological polar surface area (TPSA) is 41.8 Å². The number of aliphatic hydroxyl groups excluding tert-OH is 1. The van der Waals surface area contributed by atoms with E-state index in [9.17, 15) is 0 Å². The summed E-state index contributed by atoms with van der Waals surface area (Å²) in [5.74, 6) is 0. The summed E-state index contributed by atoms with van der Waals surface area (Å²) in [6.07, 6.45) is 4.51. The molecule has 0 saturated carbocycles. The predicted molar refractivity (Wildman–Crippen MR) is 67.7 cm³/mol. The minimum absolute atomic E-state index is 0.204. The third kappa shape index (κ3) is 5.94. The zero-order chi connectivity index (χ0) is 11.9. The first-order valence-electron chi connectivity index (χ1n) is 5.62. The van der Waals surface area contributed by atoms with E-state index in [4.69, 9.17) is 9.63 Å². The van der Waals surface area contributed by atoms with Crippen LogP contribution in [0.1, 0.15) is 40.0 Å². The fraction of sp³-hybridized carbons (Fsp3) is 0.909. The Bertz CT molecular complexity index is 197. The molecule has 0 heterocycles. The van der Waals surface area contributed by atoms with Gasteiger partial charge in [0.1, 0.15) is 0 Å². The van der Waals surface area contributed by atoms with Crippen LogP contribution in [-0.2, 0) is 4.53 Å². The Balaban J connectivity index is 3.84. The van der Waals surface area contributed by atoms with Gasteiger partial charge in [0, 0.05) is 12.8 Å². The number of rotatable bonds is 6. The van der Waals surface area contributed by atoms with Crippen LogP contribution in [0.4, 0.5) is 0 Å². The van der Waals surface area contributed by atoms with Crippen molar-refractivity contribution in [2.24, 2.45) is 5.16 Å². The van der Waals surface area contributed by atoms with Gasteiger partial charge in [-0.15, -0.1) is 5.16 Å². The summed E-state index contributed by atoms with van der Waals surface area (Å²) < 4.78 is 5.62. The first kappa shape index (κ1) is 14.6. The second-order valence-corrected chi connectivity index (χ2v) is 10.1. The van der Waals surface area contributed by atoms with E-state index in [0.717, 1.165) is 19.3 Å². The van der Waals surface area contributed by atoms with Crippen LogP contribution in [0.5, 0.6) is 0 Å². The van der Waals surface area contributed by atoms with E-state index in [-0.39, 0.29) is 11.6 Å². The Hall–Kier alpha value is -0.353. The average Bonchev–Trinajstić information content (AvgIpc) is 2.09. The number of unbranched alkanes of at least 4 members (excludes halogenated alkanes) is 2. The molecule has 0 spiro atoms. The van der Waals surface area contributed by atoms with Gasteiger partial charge in [-0.3, -0.25) is 0 Å². The van der Waals surface area contributed by atoms with Crippen LogP contribution in [-0.4, -0.2) is 26.2 Å². The van der Waals surface area contributed by atoms with Crippen molar-refractivity contribution in [3.05, 3.63) is 0 Å². The molecule has 4 heteroatoms. The van der Waals surface area contributed by atoms with Gasteiger partial charge >= 0.3 is 0 Å². The number of oxime groups is 1. The number of hydrogen-bond acceptors (Lipinski definition) is 3. The molecule has 15 heavy (non-hydrogen) atoms. The summed E-state index contributed by atoms with van der Waals surface area (Å²) in [4.78, 5) is 0. The zero-order valence-electron chi connectivity index (χ0n) is 10.7. The molecule has 0 bridgehead atoms. The van der Waals surface area contributed by atoms with Crippen LogP contribution in [0.15, 0.2) is 5.16 Å². The van der Waals surface area contributed by atoms with Crippen molar-refractivity contribution < 1.29 is 9.63 Å². The first-order chi connectivity index (χ1) is 6.81. The van der Waals surface area contributed by atoms with Gasteiger partial charge in [-0.05, 0) is 37.4 Å². The van der Waals surface area contributed by atoms with Crippen LogP contribution < -0.4 is 0 Å². The van der Waals surface area contributed by atoms with Crippen molar-refractivity contribution in [3.63, 3.8) is 0 Å². The number of nitrogens with zero attached hydrogens (tertiary/aromatic N) is 1. The summed E-state index contributed by atoms with van der Waals surface area (Å²) >= 11 is 0. The highest BCUT2D eigenvalue weighted by Crippen LogP contribution is 2.36. The fourth-order valence-electron chi connectivity index (χ4n) is 0.706. The van der Waals surface area contributed by atoms with Gasteiger partial charge in [0.05, 0.1) is 0 Å². The second-order valence-electron chi connectivity index (χ2n) is 5.36. The monoisotopic (exact) mass is 231 g/mol. The Morgan fingerprint density at radius 3 is 2.33 bits per heavy atom. The SMILES string of the molecule is CC(C)(C)[Si](C)(C)O/N=C/CCCCO. The van der Waals surface area contributed by atoms with E-state index >= 15 is 0 Å². The molecule has 0 saturated heterocycles. The highest BCUT2D eigenvalue weighted by Gasteiger charge is 2.39. The molecule has 0 unspecified atom stereocenters. The van der Waals surface area contributed by atoms with E-state index in [2.05, 4.69) is 39.0 Å². The van der Waals surface area contributed by atoms with Gasteiger partial charge in [0.2, 0.25) is 0 Å². The Morgan fingerprint density at radius 1 is 1.27 bits per heavy atom. The molecule has 1 N–H and O–H groups in total. The zero-order valence-corrected chi connectivity index (χ0v) is 11.7. The highest BCUT2D eigenvalue weighted by molar-refractivity contribution is 6.74. The smallest absolute Gasteiger partial charge is 0.286 e. The molecule has 0 aromatic carbocycles. The summed E-state index contributed by atoms with van der Waals surface area (Å²) in [5, 5.41) is 12.8. The maximum atomic E-state index is 8.59. The lowest BCUT2D eigenvalue weighted by Crippen LogP contribution is -2.39. The third-order valence-corrected chi connectivity index (χ3v) is 7.08. The lowest BCUT2D eigenvalue weighted by atomic mass is 10.2. The highest BCUT2D eigenvalue weighted by atomic mass is 28.4. The van der Waals surface area contributed by atoms with E-state index in [1.54, 1.807) is 0 Å². The van der Waals surface area contributed by atoms with E-state index in [1.165, 1.54) is 0 Å². The number of aliphatic hydroxyl groups is 1. The maximum absolute atomic E-state index is 8.59. The number of hydrogen-bond donors (Lipinski definition) is 1. The molecule has 0 aliphatic heterocycles. The van der Waals surface area contributed by atoms with E-state index < -0.39 is 8.32 Å². The molecule has 90 valence electrons. The third-order valence-electron chi connectivity index (χ3n) is 2.90. The standard InChI is InChI=1S/C11H25NO2Si/c1-11(2,3)15(4,5)14-12-9-7-6-8-10-13/h9,13H,6-8,10H2,1-5H3/b12-9+. The fourth-order valence-corrected chi connectivity index (χ4v) is 1.32. The summed E-state index contributed by atoms with van der Waals surface area (Å²) in [6.45, 7) is 11.2. The molecule has 0 radical (unpaired) electrons. The quantitative estimate of drug-likeness (QED) is 0.330. The van der Waals surface area contributed by atoms with E-state index in [1.807, 2.05) is 6.21 Å². The molecule has 0 aliphatic carbocycles. The molecule has 0 amide bonds. The van der Waals surface area contributed by atoms with Crippen molar-refractivity contribution in [2.75, 3.05) is 6.61 Å². The molecule has 3 nitrogen and oxygen atoms in total.